The fourth-order valence-electron chi connectivity index (χ4n) is 1.92. The molecule has 0 spiro atoms. The molecule has 0 saturated heterocycles. The SMILES string of the molecule is O=C(c1ccc(C(F)(F)F)cc1)C(F)Cc1ccc(F)cc1. The lowest BCUT2D eigenvalue weighted by atomic mass is 10.00. The largest absolute Gasteiger partial charge is 0.416 e. The van der Waals surface area contributed by atoms with Crippen LogP contribution in [0.3, 0.4) is 0 Å². The summed E-state index contributed by atoms with van der Waals surface area (Å²) in [7, 11) is 0. The van der Waals surface area contributed by atoms with Crippen molar-refractivity contribution in [2.75, 3.05) is 0 Å². The van der Waals surface area contributed by atoms with E-state index in [1.807, 2.05) is 0 Å². The molecule has 1 nitrogen and oxygen atoms in total. The van der Waals surface area contributed by atoms with Crippen LogP contribution in [0.15, 0.2) is 48.5 Å². The van der Waals surface area contributed by atoms with Gasteiger partial charge in [0.25, 0.3) is 0 Å². The Bertz CT molecular complexity index is 644. The van der Waals surface area contributed by atoms with Crippen molar-refractivity contribution in [2.24, 2.45) is 0 Å². The first kappa shape index (κ1) is 16.1. The fourth-order valence-corrected chi connectivity index (χ4v) is 1.92. The summed E-state index contributed by atoms with van der Waals surface area (Å²) in [4.78, 5) is 11.8. The number of halogens is 5. The van der Waals surface area contributed by atoms with Crippen molar-refractivity contribution in [1.82, 2.24) is 0 Å². The lowest BCUT2D eigenvalue weighted by molar-refractivity contribution is -0.137. The third-order valence-corrected chi connectivity index (χ3v) is 3.11. The summed E-state index contributed by atoms with van der Waals surface area (Å²) in [6, 6.07) is 8.35. The number of carbonyl (C=O) groups excluding carboxylic acids is 1. The molecule has 0 amide bonds. The first-order valence-corrected chi connectivity index (χ1v) is 6.37. The first-order valence-electron chi connectivity index (χ1n) is 6.37. The van der Waals surface area contributed by atoms with E-state index in [1.54, 1.807) is 0 Å². The summed E-state index contributed by atoms with van der Waals surface area (Å²) in [5, 5.41) is 0. The maximum atomic E-state index is 13.9. The third-order valence-electron chi connectivity index (χ3n) is 3.11. The summed E-state index contributed by atoms with van der Waals surface area (Å²) in [6.07, 6.45) is -6.67. The number of carbonyl (C=O) groups is 1. The number of Topliss-reactive ketones (excluding diaryl/α,β-unsaturated/α-hetero) is 1. The predicted molar refractivity (Wildman–Crippen MR) is 70.8 cm³/mol. The number of benzene rings is 2. The van der Waals surface area contributed by atoms with Crippen molar-refractivity contribution >= 4 is 5.78 Å². The quantitative estimate of drug-likeness (QED) is 0.595. The van der Waals surface area contributed by atoms with Gasteiger partial charge in [-0.2, -0.15) is 13.2 Å². The van der Waals surface area contributed by atoms with E-state index in [9.17, 15) is 26.7 Å². The van der Waals surface area contributed by atoms with E-state index in [0.29, 0.717) is 5.56 Å². The molecular formula is C16H11F5O. The molecule has 0 aliphatic rings. The van der Waals surface area contributed by atoms with Gasteiger partial charge in [-0.15, -0.1) is 0 Å². The van der Waals surface area contributed by atoms with Crippen LogP contribution in [-0.4, -0.2) is 12.0 Å². The van der Waals surface area contributed by atoms with Crippen LogP contribution in [0.25, 0.3) is 0 Å². The van der Waals surface area contributed by atoms with E-state index in [2.05, 4.69) is 0 Å². The predicted octanol–water partition coefficient (Wildman–Crippen LogP) is 4.61. The smallest absolute Gasteiger partial charge is 0.291 e. The zero-order valence-corrected chi connectivity index (χ0v) is 11.2. The van der Waals surface area contributed by atoms with Gasteiger partial charge >= 0.3 is 6.18 Å². The van der Waals surface area contributed by atoms with Crippen molar-refractivity contribution in [2.45, 2.75) is 18.8 Å². The van der Waals surface area contributed by atoms with Gasteiger partial charge in [-0.25, -0.2) is 8.78 Å². The van der Waals surface area contributed by atoms with Crippen molar-refractivity contribution in [1.29, 1.82) is 0 Å². The second kappa shape index (κ2) is 6.25. The minimum atomic E-state index is -4.51. The van der Waals surface area contributed by atoms with Gasteiger partial charge in [0.1, 0.15) is 5.82 Å². The molecule has 0 radical (unpaired) electrons. The average molecular weight is 314 g/mol. The maximum absolute atomic E-state index is 13.9. The molecule has 2 aromatic rings. The Balaban J connectivity index is 2.08. The van der Waals surface area contributed by atoms with E-state index in [0.717, 1.165) is 36.4 Å². The molecule has 0 saturated carbocycles. The molecule has 22 heavy (non-hydrogen) atoms. The van der Waals surface area contributed by atoms with E-state index in [4.69, 9.17) is 0 Å². The van der Waals surface area contributed by atoms with Crippen LogP contribution in [0.5, 0.6) is 0 Å². The van der Waals surface area contributed by atoms with Crippen LogP contribution in [0, 0.1) is 5.82 Å². The normalized spacial score (nSPS) is 13.0. The lowest BCUT2D eigenvalue weighted by Gasteiger charge is -2.10. The highest BCUT2D eigenvalue weighted by atomic mass is 19.4. The number of hydrogen-bond donors (Lipinski definition) is 0. The molecule has 2 aromatic carbocycles. The monoisotopic (exact) mass is 314 g/mol. The highest BCUT2D eigenvalue weighted by molar-refractivity contribution is 5.99. The van der Waals surface area contributed by atoms with E-state index >= 15 is 0 Å². The molecule has 116 valence electrons. The Kier molecular flexibility index (Phi) is 4.59. The van der Waals surface area contributed by atoms with Crippen LogP contribution >= 0.6 is 0 Å². The molecule has 0 N–H and O–H groups in total. The summed E-state index contributed by atoms with van der Waals surface area (Å²) in [6.45, 7) is 0. The van der Waals surface area contributed by atoms with Crippen molar-refractivity contribution in [3.63, 3.8) is 0 Å². The van der Waals surface area contributed by atoms with Crippen LogP contribution < -0.4 is 0 Å². The Morgan fingerprint density at radius 3 is 2.00 bits per heavy atom. The minimum Gasteiger partial charge on any atom is -0.291 e. The molecule has 0 aliphatic heterocycles. The minimum absolute atomic E-state index is 0.136. The summed E-state index contributed by atoms with van der Waals surface area (Å²) < 4.78 is 63.9. The first-order chi connectivity index (χ1) is 10.3. The molecule has 6 heteroatoms. The number of alkyl halides is 4. The second-order valence-electron chi connectivity index (χ2n) is 4.74. The van der Waals surface area contributed by atoms with Gasteiger partial charge in [-0.1, -0.05) is 24.3 Å². The van der Waals surface area contributed by atoms with Gasteiger partial charge in [0, 0.05) is 12.0 Å². The molecule has 2 rings (SSSR count). The molecule has 1 atom stereocenters. The molecule has 0 aromatic heterocycles. The fraction of sp³-hybridized carbons (Fsp3) is 0.188. The summed E-state index contributed by atoms with van der Waals surface area (Å²) >= 11 is 0. The van der Waals surface area contributed by atoms with E-state index < -0.39 is 29.5 Å². The molecule has 0 bridgehead atoms. The van der Waals surface area contributed by atoms with Gasteiger partial charge in [0.05, 0.1) is 5.56 Å². The van der Waals surface area contributed by atoms with Crippen LogP contribution in [-0.2, 0) is 12.6 Å². The van der Waals surface area contributed by atoms with Crippen LogP contribution in [0.1, 0.15) is 21.5 Å². The highest BCUT2D eigenvalue weighted by Gasteiger charge is 2.30. The van der Waals surface area contributed by atoms with Crippen LogP contribution in [0.4, 0.5) is 22.0 Å². The Morgan fingerprint density at radius 2 is 1.50 bits per heavy atom. The number of hydrogen-bond acceptors (Lipinski definition) is 1. The maximum Gasteiger partial charge on any atom is 0.416 e. The Morgan fingerprint density at radius 1 is 0.955 bits per heavy atom. The zero-order valence-electron chi connectivity index (χ0n) is 11.2. The molecule has 0 aliphatic carbocycles. The molecule has 0 fully saturated rings. The lowest BCUT2D eigenvalue weighted by Crippen LogP contribution is -2.19. The second-order valence-corrected chi connectivity index (χ2v) is 4.74. The number of rotatable bonds is 4. The van der Waals surface area contributed by atoms with Gasteiger partial charge in [-0.05, 0) is 29.8 Å². The van der Waals surface area contributed by atoms with Gasteiger partial charge in [-0.3, -0.25) is 4.79 Å². The molecular weight excluding hydrogens is 303 g/mol. The van der Waals surface area contributed by atoms with E-state index in [1.165, 1.54) is 12.1 Å². The topological polar surface area (TPSA) is 17.1 Å². The standard InChI is InChI=1S/C16H11F5O/c17-13-7-1-10(2-8-13)9-14(18)15(22)11-3-5-12(6-4-11)16(19,20)21/h1-8,14H,9H2. The Hall–Kier alpha value is -2.24. The van der Waals surface area contributed by atoms with Crippen molar-refractivity contribution in [3.8, 4) is 0 Å². The number of ketones is 1. The van der Waals surface area contributed by atoms with Crippen LogP contribution in [0.2, 0.25) is 0 Å². The van der Waals surface area contributed by atoms with Gasteiger partial charge < -0.3 is 0 Å². The Labute approximate surface area is 123 Å². The third kappa shape index (κ3) is 3.90. The summed E-state index contributed by atoms with van der Waals surface area (Å²) in [5.41, 5.74) is -0.616. The zero-order chi connectivity index (χ0) is 16.3. The average Bonchev–Trinajstić information content (AvgIpc) is 2.48. The van der Waals surface area contributed by atoms with Gasteiger partial charge in [0.2, 0.25) is 0 Å². The highest BCUT2D eigenvalue weighted by Crippen LogP contribution is 2.29. The molecule has 1 unspecified atom stereocenters. The van der Waals surface area contributed by atoms with Crippen molar-refractivity contribution in [3.05, 3.63) is 71.0 Å². The van der Waals surface area contributed by atoms with Gasteiger partial charge in [0.15, 0.2) is 12.0 Å². The van der Waals surface area contributed by atoms with Crippen molar-refractivity contribution < 1.29 is 26.7 Å². The van der Waals surface area contributed by atoms with E-state index in [-0.39, 0.29) is 12.0 Å². The summed E-state index contributed by atoms with van der Waals surface area (Å²) in [5.74, 6) is -1.38. The molecule has 0 heterocycles.